The van der Waals surface area contributed by atoms with Gasteiger partial charge in [-0.05, 0) is 17.7 Å². The summed E-state index contributed by atoms with van der Waals surface area (Å²) in [5, 5.41) is 3.58. The van der Waals surface area contributed by atoms with Gasteiger partial charge in [-0.1, -0.05) is 11.2 Å². The summed E-state index contributed by atoms with van der Waals surface area (Å²) in [6.07, 6.45) is 1.52. The number of hydrogen-bond donors (Lipinski definition) is 2. The summed E-state index contributed by atoms with van der Waals surface area (Å²) in [4.78, 5) is 13.5. The molecule has 0 atom stereocenters. The lowest BCUT2D eigenvalue weighted by atomic mass is 10.1. The number of nitrogens with two attached hydrogens (primary N) is 1. The molecule has 6 nitrogen and oxygen atoms in total. The SMILES string of the molecule is Nc1oncc1-c1ccc2[nH]c(=O)oc2c1. The van der Waals surface area contributed by atoms with Crippen LogP contribution in [0.5, 0.6) is 0 Å². The van der Waals surface area contributed by atoms with Crippen LogP contribution in [0.1, 0.15) is 0 Å². The lowest BCUT2D eigenvalue weighted by molar-refractivity contribution is 0.436. The molecule has 80 valence electrons. The lowest BCUT2D eigenvalue weighted by Crippen LogP contribution is -1.92. The topological polar surface area (TPSA) is 98.0 Å². The van der Waals surface area contributed by atoms with Crippen molar-refractivity contribution in [3.8, 4) is 11.1 Å². The van der Waals surface area contributed by atoms with E-state index >= 15 is 0 Å². The minimum atomic E-state index is -0.481. The van der Waals surface area contributed by atoms with Crippen molar-refractivity contribution in [3.63, 3.8) is 0 Å². The van der Waals surface area contributed by atoms with Crippen molar-refractivity contribution in [2.75, 3.05) is 5.73 Å². The number of aromatic nitrogens is 2. The van der Waals surface area contributed by atoms with Crippen LogP contribution in [0, 0.1) is 0 Å². The first-order chi connectivity index (χ1) is 7.74. The van der Waals surface area contributed by atoms with Gasteiger partial charge < -0.3 is 14.7 Å². The number of nitrogens with one attached hydrogen (secondary N) is 1. The normalized spacial score (nSPS) is 11.0. The van der Waals surface area contributed by atoms with E-state index in [-0.39, 0.29) is 5.88 Å². The van der Waals surface area contributed by atoms with Crippen LogP contribution >= 0.6 is 0 Å². The van der Waals surface area contributed by atoms with Gasteiger partial charge in [0.1, 0.15) is 0 Å². The molecule has 3 rings (SSSR count). The molecule has 0 aliphatic rings. The third-order valence-corrected chi connectivity index (χ3v) is 2.33. The number of rotatable bonds is 1. The van der Waals surface area contributed by atoms with Crippen molar-refractivity contribution in [2.24, 2.45) is 0 Å². The molecule has 1 aromatic carbocycles. The van der Waals surface area contributed by atoms with Crippen molar-refractivity contribution in [2.45, 2.75) is 0 Å². The van der Waals surface area contributed by atoms with E-state index in [0.29, 0.717) is 16.7 Å². The Hall–Kier alpha value is -2.50. The zero-order valence-corrected chi connectivity index (χ0v) is 8.06. The first kappa shape index (κ1) is 8.78. The van der Waals surface area contributed by atoms with Gasteiger partial charge in [-0.2, -0.15) is 0 Å². The van der Waals surface area contributed by atoms with Crippen LogP contribution in [-0.4, -0.2) is 10.1 Å². The number of anilines is 1. The van der Waals surface area contributed by atoms with E-state index in [1.807, 2.05) is 0 Å². The third kappa shape index (κ3) is 1.20. The summed E-state index contributed by atoms with van der Waals surface area (Å²) < 4.78 is 9.71. The number of nitrogen functional groups attached to an aromatic ring is 1. The lowest BCUT2D eigenvalue weighted by Gasteiger charge is -1.96. The summed E-state index contributed by atoms with van der Waals surface area (Å²) in [6.45, 7) is 0. The molecule has 0 spiro atoms. The Morgan fingerprint density at radius 2 is 2.25 bits per heavy atom. The van der Waals surface area contributed by atoms with Gasteiger partial charge in [-0.25, -0.2) is 4.79 Å². The van der Waals surface area contributed by atoms with Gasteiger partial charge >= 0.3 is 5.76 Å². The molecule has 0 unspecified atom stereocenters. The molecular weight excluding hydrogens is 210 g/mol. The fourth-order valence-corrected chi connectivity index (χ4v) is 1.58. The maximum absolute atomic E-state index is 11.0. The summed E-state index contributed by atoms with van der Waals surface area (Å²) >= 11 is 0. The molecular formula is C10H7N3O3. The van der Waals surface area contributed by atoms with Crippen LogP contribution in [0.3, 0.4) is 0 Å². The fourth-order valence-electron chi connectivity index (χ4n) is 1.58. The molecule has 16 heavy (non-hydrogen) atoms. The molecule has 0 aliphatic heterocycles. The predicted molar refractivity (Wildman–Crippen MR) is 56.7 cm³/mol. The molecule has 3 aromatic rings. The second-order valence-electron chi connectivity index (χ2n) is 3.33. The van der Waals surface area contributed by atoms with Gasteiger partial charge in [-0.15, -0.1) is 0 Å². The molecule has 0 saturated heterocycles. The minimum absolute atomic E-state index is 0.234. The molecule has 0 radical (unpaired) electrons. The Labute approximate surface area is 88.7 Å². The fraction of sp³-hybridized carbons (Fsp3) is 0. The number of oxazole rings is 1. The van der Waals surface area contributed by atoms with Gasteiger partial charge in [0.2, 0.25) is 5.88 Å². The monoisotopic (exact) mass is 217 g/mol. The van der Waals surface area contributed by atoms with Gasteiger partial charge in [-0.3, -0.25) is 4.98 Å². The van der Waals surface area contributed by atoms with Crippen molar-refractivity contribution >= 4 is 17.0 Å². The summed E-state index contributed by atoms with van der Waals surface area (Å²) in [6, 6.07) is 5.24. The molecule has 3 N–H and O–H groups in total. The van der Waals surface area contributed by atoms with Gasteiger partial charge in [0.25, 0.3) is 0 Å². The van der Waals surface area contributed by atoms with Gasteiger partial charge in [0.05, 0.1) is 17.3 Å². The van der Waals surface area contributed by atoms with E-state index in [2.05, 4.69) is 10.1 Å². The molecule has 0 bridgehead atoms. The van der Waals surface area contributed by atoms with Crippen molar-refractivity contribution < 1.29 is 8.94 Å². The molecule has 2 heterocycles. The average molecular weight is 217 g/mol. The van der Waals surface area contributed by atoms with E-state index in [1.54, 1.807) is 18.2 Å². The summed E-state index contributed by atoms with van der Waals surface area (Å²) in [7, 11) is 0. The molecule has 0 aliphatic carbocycles. The van der Waals surface area contributed by atoms with E-state index in [4.69, 9.17) is 14.7 Å². The number of nitrogens with zero attached hydrogens (tertiary/aromatic N) is 1. The zero-order chi connectivity index (χ0) is 11.1. The van der Waals surface area contributed by atoms with E-state index in [0.717, 1.165) is 5.56 Å². The number of aromatic amines is 1. The molecule has 0 saturated carbocycles. The standard InChI is InChI=1S/C10H7N3O3/c11-9-6(4-12-16-9)5-1-2-7-8(3-5)15-10(14)13-7/h1-4H,11H2,(H,13,14). The molecule has 0 fully saturated rings. The first-order valence-corrected chi connectivity index (χ1v) is 4.57. The summed E-state index contributed by atoms with van der Waals surface area (Å²) in [5.41, 5.74) is 8.17. The maximum atomic E-state index is 11.0. The van der Waals surface area contributed by atoms with Crippen LogP contribution in [0.2, 0.25) is 0 Å². The number of hydrogen-bond acceptors (Lipinski definition) is 5. The van der Waals surface area contributed by atoms with Crippen LogP contribution in [-0.2, 0) is 0 Å². The van der Waals surface area contributed by atoms with Crippen LogP contribution in [0.4, 0.5) is 5.88 Å². The second-order valence-corrected chi connectivity index (χ2v) is 3.33. The Bertz CT molecular complexity index is 707. The highest BCUT2D eigenvalue weighted by Crippen LogP contribution is 2.27. The Balaban J connectivity index is 2.26. The largest absolute Gasteiger partial charge is 0.417 e. The smallest absolute Gasteiger partial charge is 0.408 e. The number of benzene rings is 1. The number of H-pyrrole nitrogens is 1. The average Bonchev–Trinajstić information content (AvgIpc) is 2.81. The minimum Gasteiger partial charge on any atom is -0.408 e. The molecule has 0 amide bonds. The van der Waals surface area contributed by atoms with E-state index in [1.165, 1.54) is 6.20 Å². The Kier molecular flexibility index (Phi) is 1.64. The van der Waals surface area contributed by atoms with Gasteiger partial charge in [0.15, 0.2) is 5.58 Å². The predicted octanol–water partition coefficient (Wildman–Crippen LogP) is 1.36. The highest BCUT2D eigenvalue weighted by Gasteiger charge is 2.09. The van der Waals surface area contributed by atoms with Crippen molar-refractivity contribution in [1.82, 2.24) is 10.1 Å². The highest BCUT2D eigenvalue weighted by atomic mass is 16.5. The van der Waals surface area contributed by atoms with Crippen LogP contribution < -0.4 is 11.5 Å². The van der Waals surface area contributed by atoms with Crippen molar-refractivity contribution in [3.05, 3.63) is 34.9 Å². The summed E-state index contributed by atoms with van der Waals surface area (Å²) in [5.74, 6) is -0.248. The van der Waals surface area contributed by atoms with Gasteiger partial charge in [0, 0.05) is 0 Å². The van der Waals surface area contributed by atoms with E-state index in [9.17, 15) is 4.79 Å². The van der Waals surface area contributed by atoms with Crippen LogP contribution in [0.15, 0.2) is 38.1 Å². The second kappa shape index (κ2) is 2.99. The first-order valence-electron chi connectivity index (χ1n) is 4.57. The Morgan fingerprint density at radius 1 is 1.38 bits per heavy atom. The third-order valence-electron chi connectivity index (χ3n) is 2.33. The number of fused-ring (bicyclic) bond motifs is 1. The molecule has 2 aromatic heterocycles. The van der Waals surface area contributed by atoms with Crippen LogP contribution in [0.25, 0.3) is 22.2 Å². The maximum Gasteiger partial charge on any atom is 0.417 e. The Morgan fingerprint density at radius 3 is 3.00 bits per heavy atom. The zero-order valence-electron chi connectivity index (χ0n) is 8.06. The van der Waals surface area contributed by atoms with Crippen molar-refractivity contribution in [1.29, 1.82) is 0 Å². The molecule has 6 heteroatoms. The quantitative estimate of drug-likeness (QED) is 0.641. The highest BCUT2D eigenvalue weighted by molar-refractivity contribution is 5.82. The van der Waals surface area contributed by atoms with E-state index < -0.39 is 5.76 Å².